The van der Waals surface area contributed by atoms with Crippen LogP contribution in [-0.2, 0) is 34.0 Å². The molecular weight excluding hydrogens is 416 g/mol. The summed E-state index contributed by atoms with van der Waals surface area (Å²) in [5, 5.41) is 22.2. The standard InChI is InChI=1S/C28H30O5/c1-20-26(31-17-21-11-5-2-6-12-21)24(29)28(33-19-23-15-9-4-10-16-23)25(30)27(20)32-18-22-13-7-3-8-14-22/h2-16,24-30H,1,17-19H2. The highest BCUT2D eigenvalue weighted by Crippen LogP contribution is 2.32. The normalized spacial score (nSPS) is 25.2. The Kier molecular flexibility index (Phi) is 8.05. The molecule has 1 fully saturated rings. The van der Waals surface area contributed by atoms with Crippen LogP contribution >= 0.6 is 0 Å². The van der Waals surface area contributed by atoms with E-state index in [1.54, 1.807) is 0 Å². The molecular formula is C28H30O5. The molecule has 0 amide bonds. The van der Waals surface area contributed by atoms with Gasteiger partial charge in [-0.1, -0.05) is 97.6 Å². The van der Waals surface area contributed by atoms with Crippen LogP contribution in [0.15, 0.2) is 103 Å². The first-order valence-corrected chi connectivity index (χ1v) is 11.1. The molecule has 5 nitrogen and oxygen atoms in total. The Balaban J connectivity index is 1.50. The maximum Gasteiger partial charge on any atom is 0.115 e. The summed E-state index contributed by atoms with van der Waals surface area (Å²) in [5.74, 6) is 0. The van der Waals surface area contributed by atoms with Crippen molar-refractivity contribution < 1.29 is 24.4 Å². The molecule has 0 bridgehead atoms. The van der Waals surface area contributed by atoms with E-state index in [9.17, 15) is 10.2 Å². The number of aliphatic hydroxyl groups is 2. The molecule has 172 valence electrons. The van der Waals surface area contributed by atoms with Crippen LogP contribution in [0.25, 0.3) is 0 Å². The number of hydrogen-bond donors (Lipinski definition) is 2. The van der Waals surface area contributed by atoms with Crippen molar-refractivity contribution in [1.29, 1.82) is 0 Å². The predicted octanol–water partition coefficient (Wildman–Crippen LogP) is 4.03. The molecule has 0 aliphatic heterocycles. The summed E-state index contributed by atoms with van der Waals surface area (Å²) >= 11 is 0. The van der Waals surface area contributed by atoms with Crippen molar-refractivity contribution in [3.63, 3.8) is 0 Å². The number of benzene rings is 3. The third-order valence-electron chi connectivity index (χ3n) is 5.85. The van der Waals surface area contributed by atoms with Gasteiger partial charge in [0.05, 0.1) is 19.8 Å². The molecule has 4 rings (SSSR count). The second kappa shape index (κ2) is 11.4. The van der Waals surface area contributed by atoms with E-state index in [2.05, 4.69) is 6.58 Å². The molecule has 33 heavy (non-hydrogen) atoms. The zero-order valence-electron chi connectivity index (χ0n) is 18.5. The van der Waals surface area contributed by atoms with Crippen LogP contribution < -0.4 is 0 Å². The van der Waals surface area contributed by atoms with Gasteiger partial charge in [0.25, 0.3) is 0 Å². The molecule has 0 aromatic heterocycles. The fraction of sp³-hybridized carbons (Fsp3) is 0.286. The molecule has 0 heterocycles. The lowest BCUT2D eigenvalue weighted by atomic mass is 9.83. The van der Waals surface area contributed by atoms with Crippen molar-refractivity contribution in [3.8, 4) is 0 Å². The highest BCUT2D eigenvalue weighted by atomic mass is 16.6. The van der Waals surface area contributed by atoms with Gasteiger partial charge in [-0.2, -0.15) is 0 Å². The Morgan fingerprint density at radius 2 is 0.879 bits per heavy atom. The van der Waals surface area contributed by atoms with E-state index in [-0.39, 0.29) is 6.61 Å². The molecule has 4 atom stereocenters. The second-order valence-corrected chi connectivity index (χ2v) is 8.25. The molecule has 1 saturated carbocycles. The Morgan fingerprint density at radius 1 is 0.545 bits per heavy atom. The molecule has 0 saturated heterocycles. The summed E-state index contributed by atoms with van der Waals surface area (Å²) in [5.41, 5.74) is 3.41. The van der Waals surface area contributed by atoms with Gasteiger partial charge in [0.15, 0.2) is 0 Å². The summed E-state index contributed by atoms with van der Waals surface area (Å²) in [7, 11) is 0. The third kappa shape index (κ3) is 5.96. The Hall–Kier alpha value is -2.80. The number of ether oxygens (including phenoxy) is 3. The number of hydrogen-bond acceptors (Lipinski definition) is 5. The highest BCUT2D eigenvalue weighted by Gasteiger charge is 2.48. The molecule has 1 aliphatic rings. The number of rotatable bonds is 9. The zero-order valence-corrected chi connectivity index (χ0v) is 18.5. The average Bonchev–Trinajstić information content (AvgIpc) is 2.86. The van der Waals surface area contributed by atoms with Gasteiger partial charge in [-0.15, -0.1) is 0 Å². The molecule has 5 heteroatoms. The largest absolute Gasteiger partial charge is 0.387 e. The van der Waals surface area contributed by atoms with Gasteiger partial charge < -0.3 is 24.4 Å². The van der Waals surface area contributed by atoms with E-state index in [1.807, 2.05) is 91.0 Å². The Morgan fingerprint density at radius 3 is 1.24 bits per heavy atom. The molecule has 3 aromatic carbocycles. The van der Waals surface area contributed by atoms with Gasteiger partial charge in [-0.05, 0) is 22.3 Å². The molecule has 2 N–H and O–H groups in total. The third-order valence-corrected chi connectivity index (χ3v) is 5.85. The van der Waals surface area contributed by atoms with Crippen molar-refractivity contribution in [2.75, 3.05) is 0 Å². The quantitative estimate of drug-likeness (QED) is 0.486. The molecule has 4 unspecified atom stereocenters. The van der Waals surface area contributed by atoms with Gasteiger partial charge in [-0.25, -0.2) is 0 Å². The zero-order chi connectivity index (χ0) is 23.0. The first-order chi connectivity index (χ1) is 16.1. The van der Waals surface area contributed by atoms with E-state index in [1.165, 1.54) is 0 Å². The van der Waals surface area contributed by atoms with E-state index in [0.29, 0.717) is 18.8 Å². The van der Waals surface area contributed by atoms with E-state index in [0.717, 1.165) is 16.7 Å². The van der Waals surface area contributed by atoms with Gasteiger partial charge in [0.2, 0.25) is 0 Å². The van der Waals surface area contributed by atoms with Crippen LogP contribution in [0.5, 0.6) is 0 Å². The van der Waals surface area contributed by atoms with Gasteiger partial charge in [0, 0.05) is 0 Å². The average molecular weight is 447 g/mol. The van der Waals surface area contributed by atoms with Crippen molar-refractivity contribution in [3.05, 3.63) is 120 Å². The van der Waals surface area contributed by atoms with E-state index < -0.39 is 30.5 Å². The molecule has 0 spiro atoms. The Labute approximate surface area is 194 Å². The smallest absolute Gasteiger partial charge is 0.115 e. The lowest BCUT2D eigenvalue weighted by molar-refractivity contribution is -0.198. The van der Waals surface area contributed by atoms with Crippen LogP contribution in [-0.4, -0.2) is 40.7 Å². The minimum absolute atomic E-state index is 0.253. The maximum absolute atomic E-state index is 11.1. The first-order valence-electron chi connectivity index (χ1n) is 11.1. The van der Waals surface area contributed by atoms with E-state index >= 15 is 0 Å². The lowest BCUT2D eigenvalue weighted by Gasteiger charge is -2.43. The topological polar surface area (TPSA) is 68.2 Å². The van der Waals surface area contributed by atoms with Crippen LogP contribution in [0, 0.1) is 0 Å². The van der Waals surface area contributed by atoms with Gasteiger partial charge in [-0.3, -0.25) is 0 Å². The van der Waals surface area contributed by atoms with Crippen LogP contribution in [0.3, 0.4) is 0 Å². The van der Waals surface area contributed by atoms with Crippen molar-refractivity contribution in [2.24, 2.45) is 0 Å². The summed E-state index contributed by atoms with van der Waals surface area (Å²) in [6.07, 6.45) is -4.55. The monoisotopic (exact) mass is 446 g/mol. The van der Waals surface area contributed by atoms with Crippen molar-refractivity contribution in [2.45, 2.75) is 50.3 Å². The Bertz CT molecular complexity index is 933. The predicted molar refractivity (Wildman–Crippen MR) is 126 cm³/mol. The SMILES string of the molecule is C=C1C(OCc2ccccc2)C(O)C(OCc2ccccc2)C(O)C1OCc1ccccc1. The van der Waals surface area contributed by atoms with Crippen molar-refractivity contribution in [1.82, 2.24) is 0 Å². The summed E-state index contributed by atoms with van der Waals surface area (Å²) < 4.78 is 18.2. The fourth-order valence-electron chi connectivity index (χ4n) is 4.04. The first kappa shape index (κ1) is 23.4. The molecule has 0 radical (unpaired) electrons. The minimum Gasteiger partial charge on any atom is -0.387 e. The van der Waals surface area contributed by atoms with E-state index in [4.69, 9.17) is 14.2 Å². The summed E-state index contributed by atoms with van der Waals surface area (Å²) in [4.78, 5) is 0. The van der Waals surface area contributed by atoms with Crippen LogP contribution in [0.1, 0.15) is 16.7 Å². The minimum atomic E-state index is -1.09. The summed E-state index contributed by atoms with van der Waals surface area (Å²) in [6.45, 7) is 4.98. The van der Waals surface area contributed by atoms with Gasteiger partial charge in [0.1, 0.15) is 30.5 Å². The number of aliphatic hydroxyl groups excluding tert-OH is 2. The molecule has 1 aliphatic carbocycles. The second-order valence-electron chi connectivity index (χ2n) is 8.25. The van der Waals surface area contributed by atoms with Crippen LogP contribution in [0.2, 0.25) is 0 Å². The lowest BCUT2D eigenvalue weighted by Crippen LogP contribution is -2.59. The van der Waals surface area contributed by atoms with Gasteiger partial charge >= 0.3 is 0 Å². The summed E-state index contributed by atoms with van der Waals surface area (Å²) in [6, 6.07) is 29.1. The highest BCUT2D eigenvalue weighted by molar-refractivity contribution is 5.23. The maximum atomic E-state index is 11.1. The fourth-order valence-corrected chi connectivity index (χ4v) is 4.04. The molecule has 3 aromatic rings. The van der Waals surface area contributed by atoms with Crippen LogP contribution in [0.4, 0.5) is 0 Å². The van der Waals surface area contributed by atoms with Crippen molar-refractivity contribution >= 4 is 0 Å².